The number of hydrogen-bond donors (Lipinski definition) is 1. The van der Waals surface area contributed by atoms with Crippen molar-refractivity contribution >= 4 is 0 Å². The van der Waals surface area contributed by atoms with Crippen LogP contribution in [0.1, 0.15) is 44.9 Å². The molecule has 1 aromatic rings. The molecular weight excluding hydrogens is 236 g/mol. The quantitative estimate of drug-likeness (QED) is 0.855. The minimum absolute atomic E-state index is 0.287. The van der Waals surface area contributed by atoms with Gasteiger partial charge in [0.2, 0.25) is 0 Å². The molecule has 0 aliphatic heterocycles. The molecule has 4 nitrogen and oxygen atoms in total. The Bertz CT molecular complexity index is 445. The maximum atomic E-state index is 9.59. The highest BCUT2D eigenvalue weighted by atomic mass is 15.1. The number of aryl methyl sites for hydroxylation is 2. The van der Waals surface area contributed by atoms with Gasteiger partial charge in [-0.1, -0.05) is 13.3 Å². The van der Waals surface area contributed by atoms with Crippen molar-refractivity contribution in [3.05, 3.63) is 18.2 Å². The largest absolute Gasteiger partial charge is 0.335 e. The van der Waals surface area contributed by atoms with Gasteiger partial charge in [-0.2, -0.15) is 5.26 Å². The monoisotopic (exact) mass is 260 g/mol. The second kappa shape index (κ2) is 6.21. The summed E-state index contributed by atoms with van der Waals surface area (Å²) in [6, 6.07) is 2.57. The van der Waals surface area contributed by atoms with E-state index < -0.39 is 0 Å². The Morgan fingerprint density at radius 3 is 3.11 bits per heavy atom. The van der Waals surface area contributed by atoms with E-state index in [1.165, 1.54) is 0 Å². The normalized spacial score (nSPS) is 26.5. The van der Waals surface area contributed by atoms with Crippen LogP contribution in [0, 0.1) is 24.2 Å². The van der Waals surface area contributed by atoms with Crippen molar-refractivity contribution in [1.29, 1.82) is 5.26 Å². The van der Waals surface area contributed by atoms with Crippen LogP contribution in [0.2, 0.25) is 0 Å². The molecule has 1 aromatic heterocycles. The second-order valence-corrected chi connectivity index (χ2v) is 5.56. The maximum absolute atomic E-state index is 9.59. The van der Waals surface area contributed by atoms with Crippen LogP contribution in [0.3, 0.4) is 0 Å². The fraction of sp³-hybridized carbons (Fsp3) is 0.733. The highest BCUT2D eigenvalue weighted by Crippen LogP contribution is 2.37. The van der Waals surface area contributed by atoms with Crippen LogP contribution in [0.15, 0.2) is 12.4 Å². The van der Waals surface area contributed by atoms with Gasteiger partial charge in [-0.05, 0) is 45.1 Å². The molecule has 0 radical (unpaired) electrons. The summed E-state index contributed by atoms with van der Waals surface area (Å²) in [4.78, 5) is 4.25. The van der Waals surface area contributed by atoms with Crippen molar-refractivity contribution in [2.24, 2.45) is 5.92 Å². The molecule has 2 atom stereocenters. The third-order valence-corrected chi connectivity index (χ3v) is 4.35. The lowest BCUT2D eigenvalue weighted by Gasteiger charge is -2.30. The summed E-state index contributed by atoms with van der Waals surface area (Å²) >= 11 is 0. The van der Waals surface area contributed by atoms with E-state index in [0.717, 1.165) is 51.0 Å². The standard InChI is InChI=1S/C15H24N4/c1-3-8-18-15(12-16)7-4-5-14(15)6-10-19-11-9-17-13(19)2/h9,11,14,18H,3-8,10H2,1-2H3. The van der Waals surface area contributed by atoms with E-state index in [4.69, 9.17) is 0 Å². The zero-order chi connectivity index (χ0) is 13.7. The smallest absolute Gasteiger partial charge is 0.109 e. The SMILES string of the molecule is CCCNC1(C#N)CCCC1CCn1ccnc1C. The summed E-state index contributed by atoms with van der Waals surface area (Å²) in [6.45, 7) is 6.08. The van der Waals surface area contributed by atoms with E-state index in [1.54, 1.807) is 0 Å². The highest BCUT2D eigenvalue weighted by molar-refractivity contribution is 5.14. The van der Waals surface area contributed by atoms with Crippen molar-refractivity contribution in [1.82, 2.24) is 14.9 Å². The van der Waals surface area contributed by atoms with Crippen molar-refractivity contribution < 1.29 is 0 Å². The summed E-state index contributed by atoms with van der Waals surface area (Å²) in [6.07, 6.45) is 9.33. The Morgan fingerprint density at radius 1 is 1.63 bits per heavy atom. The van der Waals surface area contributed by atoms with Crippen molar-refractivity contribution in [3.63, 3.8) is 0 Å². The molecule has 2 unspecified atom stereocenters. The molecular formula is C15H24N4. The van der Waals surface area contributed by atoms with Gasteiger partial charge >= 0.3 is 0 Å². The summed E-state index contributed by atoms with van der Waals surface area (Å²) in [5.74, 6) is 1.52. The number of imidazole rings is 1. The van der Waals surface area contributed by atoms with E-state index in [2.05, 4.69) is 27.9 Å². The van der Waals surface area contributed by atoms with E-state index >= 15 is 0 Å². The summed E-state index contributed by atoms with van der Waals surface area (Å²) < 4.78 is 2.18. The van der Waals surface area contributed by atoms with E-state index in [-0.39, 0.29) is 5.54 Å². The second-order valence-electron chi connectivity index (χ2n) is 5.56. The van der Waals surface area contributed by atoms with Gasteiger partial charge in [-0.3, -0.25) is 5.32 Å². The fourth-order valence-electron chi connectivity index (χ4n) is 3.17. The third-order valence-electron chi connectivity index (χ3n) is 4.35. The lowest BCUT2D eigenvalue weighted by atomic mass is 9.85. The average molecular weight is 260 g/mol. The zero-order valence-corrected chi connectivity index (χ0v) is 12.0. The van der Waals surface area contributed by atoms with Crippen molar-refractivity contribution in [3.8, 4) is 6.07 Å². The van der Waals surface area contributed by atoms with Crippen LogP contribution in [-0.4, -0.2) is 21.6 Å². The molecule has 0 amide bonds. The topological polar surface area (TPSA) is 53.6 Å². The first kappa shape index (κ1) is 14.1. The summed E-state index contributed by atoms with van der Waals surface area (Å²) in [5.41, 5.74) is -0.287. The predicted molar refractivity (Wildman–Crippen MR) is 75.6 cm³/mol. The van der Waals surface area contributed by atoms with Crippen LogP contribution in [-0.2, 0) is 6.54 Å². The molecule has 104 valence electrons. The number of nitriles is 1. The van der Waals surface area contributed by atoms with Crippen LogP contribution < -0.4 is 5.32 Å². The number of rotatable bonds is 6. The molecule has 0 saturated heterocycles. The van der Waals surface area contributed by atoms with Gasteiger partial charge in [0.1, 0.15) is 11.4 Å². The Labute approximate surface area is 115 Å². The van der Waals surface area contributed by atoms with Gasteiger partial charge in [0.05, 0.1) is 6.07 Å². The predicted octanol–water partition coefficient (Wildman–Crippen LogP) is 2.64. The Hall–Kier alpha value is -1.34. The first-order valence-electron chi connectivity index (χ1n) is 7.36. The Kier molecular flexibility index (Phi) is 4.60. The van der Waals surface area contributed by atoms with Gasteiger partial charge in [0, 0.05) is 18.9 Å². The van der Waals surface area contributed by atoms with Gasteiger partial charge in [0.25, 0.3) is 0 Å². The number of nitrogens with one attached hydrogen (secondary N) is 1. The van der Waals surface area contributed by atoms with E-state index in [9.17, 15) is 5.26 Å². The zero-order valence-electron chi connectivity index (χ0n) is 12.0. The minimum Gasteiger partial charge on any atom is -0.335 e. The fourth-order valence-corrected chi connectivity index (χ4v) is 3.17. The van der Waals surface area contributed by atoms with E-state index in [0.29, 0.717) is 5.92 Å². The molecule has 0 spiro atoms. The first-order valence-corrected chi connectivity index (χ1v) is 7.36. The van der Waals surface area contributed by atoms with Crippen molar-refractivity contribution in [2.75, 3.05) is 6.54 Å². The molecule has 0 aromatic carbocycles. The Morgan fingerprint density at radius 2 is 2.47 bits per heavy atom. The van der Waals surface area contributed by atoms with Crippen LogP contribution >= 0.6 is 0 Å². The van der Waals surface area contributed by atoms with Crippen LogP contribution in [0.4, 0.5) is 0 Å². The molecule has 19 heavy (non-hydrogen) atoms. The summed E-state index contributed by atoms with van der Waals surface area (Å²) in [5, 5.41) is 13.1. The van der Waals surface area contributed by atoms with Gasteiger partial charge < -0.3 is 4.57 Å². The van der Waals surface area contributed by atoms with E-state index in [1.807, 2.05) is 19.3 Å². The molecule has 2 rings (SSSR count). The minimum atomic E-state index is -0.287. The Balaban J connectivity index is 1.98. The molecule has 1 saturated carbocycles. The van der Waals surface area contributed by atoms with Gasteiger partial charge in [0.15, 0.2) is 0 Å². The maximum Gasteiger partial charge on any atom is 0.109 e. The molecule has 1 aliphatic carbocycles. The van der Waals surface area contributed by atoms with Gasteiger partial charge in [-0.15, -0.1) is 0 Å². The number of aromatic nitrogens is 2. The van der Waals surface area contributed by atoms with Crippen LogP contribution in [0.25, 0.3) is 0 Å². The van der Waals surface area contributed by atoms with Gasteiger partial charge in [-0.25, -0.2) is 4.98 Å². The lowest BCUT2D eigenvalue weighted by molar-refractivity contribution is 0.290. The molecule has 1 N–H and O–H groups in total. The summed E-state index contributed by atoms with van der Waals surface area (Å²) in [7, 11) is 0. The number of nitrogens with zero attached hydrogens (tertiary/aromatic N) is 3. The third kappa shape index (κ3) is 2.98. The van der Waals surface area contributed by atoms with Crippen LogP contribution in [0.5, 0.6) is 0 Å². The molecule has 1 heterocycles. The molecule has 4 heteroatoms. The molecule has 0 bridgehead atoms. The number of hydrogen-bond acceptors (Lipinski definition) is 3. The molecule has 1 aliphatic rings. The van der Waals surface area contributed by atoms with Crippen molar-refractivity contribution in [2.45, 2.75) is 58.0 Å². The first-order chi connectivity index (χ1) is 9.22. The highest BCUT2D eigenvalue weighted by Gasteiger charge is 2.42. The average Bonchev–Trinajstić information content (AvgIpc) is 3.01. The lowest BCUT2D eigenvalue weighted by Crippen LogP contribution is -2.47. The molecule has 1 fully saturated rings.